The summed E-state index contributed by atoms with van der Waals surface area (Å²) in [6.07, 6.45) is 4.00. The van der Waals surface area contributed by atoms with Crippen LogP contribution in [0.1, 0.15) is 42.9 Å². The predicted molar refractivity (Wildman–Crippen MR) is 98.3 cm³/mol. The minimum Gasteiger partial charge on any atom is -0.313 e. The molecule has 0 atom stereocenters. The van der Waals surface area contributed by atoms with E-state index in [4.69, 9.17) is 0 Å². The Morgan fingerprint density at radius 2 is 1.68 bits per heavy atom. The monoisotopic (exact) mass is 332 g/mol. The van der Waals surface area contributed by atoms with E-state index in [0.717, 1.165) is 31.4 Å². The number of halogens is 1. The Morgan fingerprint density at radius 3 is 2.36 bits per heavy atom. The molecule has 0 unspecified atom stereocenters. The lowest BCUT2D eigenvalue weighted by Crippen LogP contribution is -2.15. The van der Waals surface area contributed by atoms with Crippen LogP contribution in [-0.4, -0.2) is 4.57 Å². The molecule has 0 spiro atoms. The smallest absolute Gasteiger partial charge is 0.123 e. The SMILES string of the molecule is Cc1c(C2CCC(C#N)CC2)n(-c2ccc(F)cc2)c2ccccc12. The molecular weight excluding hydrogens is 311 g/mol. The molecule has 0 saturated heterocycles. The summed E-state index contributed by atoms with van der Waals surface area (Å²) in [7, 11) is 0. The summed E-state index contributed by atoms with van der Waals surface area (Å²) in [4.78, 5) is 0. The summed E-state index contributed by atoms with van der Waals surface area (Å²) in [5, 5.41) is 10.4. The van der Waals surface area contributed by atoms with Gasteiger partial charge in [-0.3, -0.25) is 0 Å². The molecule has 2 aromatic carbocycles. The minimum atomic E-state index is -0.215. The van der Waals surface area contributed by atoms with E-state index >= 15 is 0 Å². The molecule has 0 N–H and O–H groups in total. The molecule has 4 rings (SSSR count). The fourth-order valence-corrected chi connectivity index (χ4v) is 4.27. The second kappa shape index (κ2) is 6.37. The molecule has 1 saturated carbocycles. The van der Waals surface area contributed by atoms with E-state index in [1.807, 2.05) is 12.1 Å². The van der Waals surface area contributed by atoms with E-state index in [9.17, 15) is 9.65 Å². The van der Waals surface area contributed by atoms with Gasteiger partial charge in [0, 0.05) is 22.7 Å². The fourth-order valence-electron chi connectivity index (χ4n) is 4.27. The van der Waals surface area contributed by atoms with Crippen LogP contribution in [0.3, 0.4) is 0 Å². The van der Waals surface area contributed by atoms with E-state index in [2.05, 4.69) is 41.8 Å². The van der Waals surface area contributed by atoms with Crippen LogP contribution in [0.15, 0.2) is 48.5 Å². The number of aryl methyl sites for hydroxylation is 1. The third-order valence-corrected chi connectivity index (χ3v) is 5.56. The molecule has 0 bridgehead atoms. The van der Waals surface area contributed by atoms with Gasteiger partial charge >= 0.3 is 0 Å². The van der Waals surface area contributed by atoms with Gasteiger partial charge in [0.15, 0.2) is 0 Å². The third kappa shape index (κ3) is 2.72. The van der Waals surface area contributed by atoms with Crippen molar-refractivity contribution in [3.8, 4) is 11.8 Å². The van der Waals surface area contributed by atoms with Crippen LogP contribution in [0.25, 0.3) is 16.6 Å². The zero-order valence-electron chi connectivity index (χ0n) is 14.4. The lowest BCUT2D eigenvalue weighted by Gasteiger charge is -2.27. The third-order valence-electron chi connectivity index (χ3n) is 5.56. The van der Waals surface area contributed by atoms with E-state index in [-0.39, 0.29) is 11.7 Å². The lowest BCUT2D eigenvalue weighted by atomic mass is 9.80. The molecule has 1 fully saturated rings. The maximum Gasteiger partial charge on any atom is 0.123 e. The molecule has 0 radical (unpaired) electrons. The lowest BCUT2D eigenvalue weighted by molar-refractivity contribution is 0.374. The van der Waals surface area contributed by atoms with Gasteiger partial charge in [0.1, 0.15) is 5.82 Å². The molecule has 3 aromatic rings. The predicted octanol–water partition coefficient (Wildman–Crippen LogP) is 5.88. The summed E-state index contributed by atoms with van der Waals surface area (Å²) in [5.41, 5.74) is 4.80. The van der Waals surface area contributed by atoms with Crippen LogP contribution >= 0.6 is 0 Å². The highest BCUT2D eigenvalue weighted by atomic mass is 19.1. The molecule has 25 heavy (non-hydrogen) atoms. The van der Waals surface area contributed by atoms with Gasteiger partial charge in [0.2, 0.25) is 0 Å². The highest BCUT2D eigenvalue weighted by Gasteiger charge is 2.27. The Hall–Kier alpha value is -2.60. The van der Waals surface area contributed by atoms with E-state index < -0.39 is 0 Å². The first-order valence-corrected chi connectivity index (χ1v) is 8.94. The van der Waals surface area contributed by atoms with Crippen LogP contribution in [0.2, 0.25) is 0 Å². The van der Waals surface area contributed by atoms with Crippen LogP contribution in [0.4, 0.5) is 4.39 Å². The van der Waals surface area contributed by atoms with E-state index in [1.165, 1.54) is 34.3 Å². The van der Waals surface area contributed by atoms with Gasteiger partial charge in [-0.25, -0.2) is 4.39 Å². The van der Waals surface area contributed by atoms with Gasteiger partial charge < -0.3 is 4.57 Å². The molecule has 0 amide bonds. The summed E-state index contributed by atoms with van der Waals surface area (Å²) in [6, 6.07) is 17.6. The van der Waals surface area contributed by atoms with E-state index in [1.54, 1.807) is 0 Å². The van der Waals surface area contributed by atoms with Crippen molar-refractivity contribution in [3.63, 3.8) is 0 Å². The Bertz CT molecular complexity index is 939. The van der Waals surface area contributed by atoms with Crippen LogP contribution in [0, 0.1) is 30.0 Å². The Balaban J connectivity index is 1.88. The first kappa shape index (κ1) is 15.9. The number of aromatic nitrogens is 1. The summed E-state index contributed by atoms with van der Waals surface area (Å²) >= 11 is 0. The molecule has 3 heteroatoms. The zero-order chi connectivity index (χ0) is 17.4. The quantitative estimate of drug-likeness (QED) is 0.576. The number of para-hydroxylation sites is 1. The maximum atomic E-state index is 13.4. The van der Waals surface area contributed by atoms with Crippen molar-refractivity contribution in [2.45, 2.75) is 38.5 Å². The molecule has 0 aliphatic heterocycles. The standard InChI is InChI=1S/C22H21FN2/c1-15-20-4-2-3-5-21(20)25(19-12-10-18(23)11-13-19)22(15)17-8-6-16(14-24)7-9-17/h2-5,10-13,16-17H,6-9H2,1H3. The second-order valence-electron chi connectivity index (χ2n) is 7.02. The number of benzene rings is 2. The highest BCUT2D eigenvalue weighted by Crippen LogP contribution is 2.41. The van der Waals surface area contributed by atoms with Gasteiger partial charge in [-0.2, -0.15) is 5.26 Å². The van der Waals surface area contributed by atoms with Crippen molar-refractivity contribution in [3.05, 3.63) is 65.6 Å². The van der Waals surface area contributed by atoms with Crippen molar-refractivity contribution >= 4 is 10.9 Å². The molecule has 2 nitrogen and oxygen atoms in total. The topological polar surface area (TPSA) is 28.7 Å². The number of rotatable bonds is 2. The minimum absolute atomic E-state index is 0.195. The summed E-state index contributed by atoms with van der Waals surface area (Å²) in [6.45, 7) is 2.19. The van der Waals surface area contributed by atoms with Crippen molar-refractivity contribution < 1.29 is 4.39 Å². The number of fused-ring (bicyclic) bond motifs is 1. The average molecular weight is 332 g/mol. The number of nitrogens with zero attached hydrogens (tertiary/aromatic N) is 2. The first-order valence-electron chi connectivity index (χ1n) is 8.94. The summed E-state index contributed by atoms with van der Waals surface area (Å²) < 4.78 is 15.7. The van der Waals surface area contributed by atoms with Crippen molar-refractivity contribution in [1.29, 1.82) is 5.26 Å². The molecular formula is C22H21FN2. The first-order chi connectivity index (χ1) is 12.2. The Morgan fingerprint density at radius 1 is 1.00 bits per heavy atom. The largest absolute Gasteiger partial charge is 0.313 e. The number of hydrogen-bond donors (Lipinski definition) is 0. The van der Waals surface area contributed by atoms with Gasteiger partial charge in [-0.15, -0.1) is 0 Å². The number of hydrogen-bond acceptors (Lipinski definition) is 1. The van der Waals surface area contributed by atoms with Crippen molar-refractivity contribution in [2.75, 3.05) is 0 Å². The van der Waals surface area contributed by atoms with Crippen LogP contribution in [0.5, 0.6) is 0 Å². The van der Waals surface area contributed by atoms with Crippen molar-refractivity contribution in [1.82, 2.24) is 4.57 Å². The fraction of sp³-hybridized carbons (Fsp3) is 0.318. The second-order valence-corrected chi connectivity index (χ2v) is 7.02. The molecule has 1 heterocycles. The zero-order valence-corrected chi connectivity index (χ0v) is 14.4. The van der Waals surface area contributed by atoms with Gasteiger partial charge in [0.25, 0.3) is 0 Å². The van der Waals surface area contributed by atoms with Gasteiger partial charge in [-0.05, 0) is 74.4 Å². The number of nitriles is 1. The Kier molecular flexibility index (Phi) is 4.05. The average Bonchev–Trinajstić information content (AvgIpc) is 2.95. The normalized spacial score (nSPS) is 20.5. The molecule has 126 valence electrons. The highest BCUT2D eigenvalue weighted by molar-refractivity contribution is 5.87. The molecule has 1 aliphatic rings. The van der Waals surface area contributed by atoms with Crippen LogP contribution < -0.4 is 0 Å². The van der Waals surface area contributed by atoms with Crippen LogP contribution in [-0.2, 0) is 0 Å². The van der Waals surface area contributed by atoms with E-state index in [0.29, 0.717) is 5.92 Å². The summed E-state index contributed by atoms with van der Waals surface area (Å²) in [5.74, 6) is 0.426. The Labute approximate surface area is 147 Å². The van der Waals surface area contributed by atoms with Gasteiger partial charge in [-0.1, -0.05) is 18.2 Å². The molecule has 1 aromatic heterocycles. The maximum absolute atomic E-state index is 13.4. The van der Waals surface area contributed by atoms with Crippen molar-refractivity contribution in [2.24, 2.45) is 5.92 Å². The van der Waals surface area contributed by atoms with Gasteiger partial charge in [0.05, 0.1) is 11.6 Å². The molecule has 1 aliphatic carbocycles.